The summed E-state index contributed by atoms with van der Waals surface area (Å²) >= 11 is 1.43. The summed E-state index contributed by atoms with van der Waals surface area (Å²) < 4.78 is 6.46. The molecule has 6 nitrogen and oxygen atoms in total. The molecule has 7 heteroatoms. The number of carbonyl (C=O) groups is 1. The number of ether oxygens (including phenoxy) is 1. The molecule has 1 aliphatic carbocycles. The van der Waals surface area contributed by atoms with E-state index in [1.807, 2.05) is 0 Å². The van der Waals surface area contributed by atoms with E-state index < -0.39 is 11.9 Å². The van der Waals surface area contributed by atoms with E-state index in [1.165, 1.54) is 23.0 Å². The summed E-state index contributed by atoms with van der Waals surface area (Å²) in [5.74, 6) is -0.884. The first kappa shape index (κ1) is 13.3. The fourth-order valence-corrected chi connectivity index (χ4v) is 4.04. The number of aryl methyl sites for hydroxylation is 2. The van der Waals surface area contributed by atoms with Gasteiger partial charge in [0.2, 0.25) is 0 Å². The van der Waals surface area contributed by atoms with Gasteiger partial charge in [-0.1, -0.05) is 0 Å². The highest BCUT2D eigenvalue weighted by Gasteiger charge is 2.34. The maximum atomic E-state index is 12.6. The average Bonchev–Trinajstić information content (AvgIpc) is 2.92. The number of thiophene rings is 1. The minimum absolute atomic E-state index is 0.121. The number of aromatic nitrogens is 2. The van der Waals surface area contributed by atoms with E-state index in [0.717, 1.165) is 4.88 Å². The first-order chi connectivity index (χ1) is 9.54. The lowest BCUT2D eigenvalue weighted by atomic mass is 10.0. The van der Waals surface area contributed by atoms with E-state index in [0.29, 0.717) is 34.4 Å². The van der Waals surface area contributed by atoms with Gasteiger partial charge in [-0.3, -0.25) is 14.2 Å². The Labute approximate surface area is 118 Å². The fraction of sp³-hybridized carbons (Fsp3) is 0.462. The van der Waals surface area contributed by atoms with Gasteiger partial charge in [0.05, 0.1) is 11.3 Å². The monoisotopic (exact) mass is 294 g/mol. The number of nitrogens with zero attached hydrogens (tertiary/aromatic N) is 2. The molecule has 0 aromatic carbocycles. The van der Waals surface area contributed by atoms with Gasteiger partial charge in [-0.25, -0.2) is 4.98 Å². The van der Waals surface area contributed by atoms with Crippen molar-refractivity contribution in [3.63, 3.8) is 0 Å². The van der Waals surface area contributed by atoms with Crippen LogP contribution in [-0.2, 0) is 22.7 Å². The number of methoxy groups -OCH3 is 1. The van der Waals surface area contributed by atoms with Crippen LogP contribution in [0, 0.1) is 6.92 Å². The van der Waals surface area contributed by atoms with Crippen LogP contribution in [0.4, 0.5) is 0 Å². The van der Waals surface area contributed by atoms with Gasteiger partial charge in [-0.2, -0.15) is 0 Å². The average molecular weight is 294 g/mol. The van der Waals surface area contributed by atoms with Crippen molar-refractivity contribution in [1.29, 1.82) is 0 Å². The molecule has 1 N–H and O–H groups in total. The molecule has 0 aliphatic heterocycles. The smallest absolute Gasteiger partial charge is 0.311 e. The minimum atomic E-state index is -0.873. The third-order valence-electron chi connectivity index (χ3n) is 3.68. The van der Waals surface area contributed by atoms with Crippen molar-refractivity contribution in [2.45, 2.75) is 32.4 Å². The Bertz CT molecular complexity index is 762. The molecule has 0 saturated carbocycles. The lowest BCUT2D eigenvalue weighted by molar-refractivity contribution is -0.138. The molecule has 0 bridgehead atoms. The quantitative estimate of drug-likeness (QED) is 0.927. The maximum absolute atomic E-state index is 12.6. The standard InChI is InChI=1S/C13H14N2O4S/c1-6-14-11-10(12(16)15(6)5-19-2)9-7(13(17)18)3-4-8(9)20-11/h7H,3-5H2,1-2H3,(H,17,18). The second-order valence-electron chi connectivity index (χ2n) is 4.86. The number of hydrogen-bond donors (Lipinski definition) is 1. The Morgan fingerprint density at radius 2 is 2.35 bits per heavy atom. The van der Waals surface area contributed by atoms with Crippen LogP contribution in [0.1, 0.15) is 28.6 Å². The summed E-state index contributed by atoms with van der Waals surface area (Å²) in [5.41, 5.74) is 0.458. The molecular formula is C13H14N2O4S. The number of carboxylic acid groups (broad SMARTS) is 1. The van der Waals surface area contributed by atoms with Crippen LogP contribution in [0.5, 0.6) is 0 Å². The number of rotatable bonds is 3. The van der Waals surface area contributed by atoms with Crippen LogP contribution in [0.3, 0.4) is 0 Å². The highest BCUT2D eigenvalue weighted by Crippen LogP contribution is 2.42. The van der Waals surface area contributed by atoms with Crippen LogP contribution < -0.4 is 5.56 Å². The second-order valence-corrected chi connectivity index (χ2v) is 5.94. The molecule has 0 radical (unpaired) electrons. The normalized spacial score (nSPS) is 17.6. The maximum Gasteiger partial charge on any atom is 0.311 e. The first-order valence-electron chi connectivity index (χ1n) is 6.29. The minimum Gasteiger partial charge on any atom is -0.481 e. The van der Waals surface area contributed by atoms with E-state index in [-0.39, 0.29) is 12.3 Å². The zero-order chi connectivity index (χ0) is 14.4. The Morgan fingerprint density at radius 3 is 3.00 bits per heavy atom. The van der Waals surface area contributed by atoms with E-state index in [2.05, 4.69) is 4.98 Å². The summed E-state index contributed by atoms with van der Waals surface area (Å²) in [5, 5.41) is 9.76. The molecule has 2 aromatic heterocycles. The highest BCUT2D eigenvalue weighted by atomic mass is 32.1. The highest BCUT2D eigenvalue weighted by molar-refractivity contribution is 7.18. The van der Waals surface area contributed by atoms with Gasteiger partial charge in [0.15, 0.2) is 0 Å². The van der Waals surface area contributed by atoms with E-state index >= 15 is 0 Å². The SMILES string of the molecule is COCn1c(C)nc2sc3c(c2c1=O)C(C(=O)O)CC3. The molecule has 0 saturated heterocycles. The Morgan fingerprint density at radius 1 is 1.60 bits per heavy atom. The molecule has 20 heavy (non-hydrogen) atoms. The summed E-state index contributed by atoms with van der Waals surface area (Å²) in [6.07, 6.45) is 1.26. The number of aliphatic carboxylic acids is 1. The van der Waals surface area contributed by atoms with Gasteiger partial charge in [0, 0.05) is 12.0 Å². The van der Waals surface area contributed by atoms with Gasteiger partial charge < -0.3 is 9.84 Å². The van der Waals surface area contributed by atoms with Gasteiger partial charge in [0.25, 0.3) is 5.56 Å². The molecule has 1 atom stereocenters. The molecule has 2 aromatic rings. The lowest BCUT2D eigenvalue weighted by Gasteiger charge is -2.09. The lowest BCUT2D eigenvalue weighted by Crippen LogP contribution is -2.25. The molecule has 1 aliphatic rings. The van der Waals surface area contributed by atoms with Crippen LogP contribution in [0.2, 0.25) is 0 Å². The van der Waals surface area contributed by atoms with Crippen molar-refractivity contribution in [1.82, 2.24) is 9.55 Å². The topological polar surface area (TPSA) is 81.4 Å². The fourth-order valence-electron chi connectivity index (χ4n) is 2.75. The van der Waals surface area contributed by atoms with E-state index in [4.69, 9.17) is 4.74 Å². The van der Waals surface area contributed by atoms with Crippen molar-refractivity contribution < 1.29 is 14.6 Å². The molecule has 0 spiro atoms. The Balaban J connectivity index is 2.33. The zero-order valence-electron chi connectivity index (χ0n) is 11.2. The molecule has 3 rings (SSSR count). The van der Waals surface area contributed by atoms with Crippen molar-refractivity contribution in [3.8, 4) is 0 Å². The third-order valence-corrected chi connectivity index (χ3v) is 4.84. The van der Waals surface area contributed by atoms with Crippen molar-refractivity contribution in [2.24, 2.45) is 0 Å². The largest absolute Gasteiger partial charge is 0.481 e. The van der Waals surface area contributed by atoms with Crippen molar-refractivity contribution in [3.05, 3.63) is 26.6 Å². The summed E-state index contributed by atoms with van der Waals surface area (Å²) in [4.78, 5) is 30.0. The number of fused-ring (bicyclic) bond motifs is 3. The predicted molar refractivity (Wildman–Crippen MR) is 74.3 cm³/mol. The van der Waals surface area contributed by atoms with E-state index in [9.17, 15) is 14.7 Å². The summed E-state index contributed by atoms with van der Waals surface area (Å²) in [7, 11) is 1.51. The van der Waals surface area contributed by atoms with Crippen LogP contribution in [0.25, 0.3) is 10.2 Å². The van der Waals surface area contributed by atoms with Crippen LogP contribution >= 0.6 is 11.3 Å². The molecule has 0 fully saturated rings. The molecule has 1 unspecified atom stereocenters. The predicted octanol–water partition coefficient (Wildman–Crippen LogP) is 1.48. The second kappa shape index (κ2) is 4.68. The first-order valence-corrected chi connectivity index (χ1v) is 7.10. The van der Waals surface area contributed by atoms with Crippen molar-refractivity contribution >= 4 is 27.5 Å². The third kappa shape index (κ3) is 1.77. The van der Waals surface area contributed by atoms with Gasteiger partial charge in [-0.05, 0) is 25.3 Å². The molecule has 2 heterocycles. The van der Waals surface area contributed by atoms with Gasteiger partial charge in [0.1, 0.15) is 17.4 Å². The molecule has 0 amide bonds. The van der Waals surface area contributed by atoms with Crippen LogP contribution in [-0.4, -0.2) is 27.7 Å². The summed E-state index contributed by atoms with van der Waals surface area (Å²) in [6.45, 7) is 1.87. The number of hydrogen-bond acceptors (Lipinski definition) is 5. The van der Waals surface area contributed by atoms with Gasteiger partial charge >= 0.3 is 5.97 Å². The molecular weight excluding hydrogens is 280 g/mol. The summed E-state index contributed by atoms with van der Waals surface area (Å²) in [6, 6.07) is 0. The van der Waals surface area contributed by atoms with E-state index in [1.54, 1.807) is 6.92 Å². The Hall–Kier alpha value is -1.73. The van der Waals surface area contributed by atoms with Crippen LogP contribution in [0.15, 0.2) is 4.79 Å². The number of carboxylic acids is 1. The zero-order valence-corrected chi connectivity index (χ0v) is 12.0. The van der Waals surface area contributed by atoms with Crippen molar-refractivity contribution in [2.75, 3.05) is 7.11 Å². The molecule has 106 valence electrons. The Kier molecular flexibility index (Phi) is 3.10. The van der Waals surface area contributed by atoms with Gasteiger partial charge in [-0.15, -0.1) is 11.3 Å².